The van der Waals surface area contributed by atoms with Gasteiger partial charge >= 0.3 is 0 Å². The molecule has 1 aliphatic heterocycles. The van der Waals surface area contributed by atoms with Crippen molar-refractivity contribution >= 4 is 15.9 Å². The van der Waals surface area contributed by atoms with Crippen LogP contribution in [-0.2, 0) is 14.8 Å². The number of hydrogen-bond acceptors (Lipinski definition) is 3. The topological polar surface area (TPSA) is 66.5 Å². The maximum atomic E-state index is 13.8. The summed E-state index contributed by atoms with van der Waals surface area (Å²) in [6.45, 7) is 3.25. The van der Waals surface area contributed by atoms with Gasteiger partial charge in [-0.2, -0.15) is 4.31 Å². The van der Waals surface area contributed by atoms with Crippen molar-refractivity contribution in [2.45, 2.75) is 43.9 Å². The van der Waals surface area contributed by atoms with Crippen LogP contribution >= 0.6 is 0 Å². The molecule has 1 N–H and O–H groups in total. The van der Waals surface area contributed by atoms with E-state index in [1.807, 2.05) is 0 Å². The van der Waals surface area contributed by atoms with E-state index in [0.29, 0.717) is 19.4 Å². The molecule has 1 aromatic rings. The van der Waals surface area contributed by atoms with Gasteiger partial charge in [0.1, 0.15) is 10.7 Å². The molecule has 0 atom stereocenters. The van der Waals surface area contributed by atoms with Gasteiger partial charge in [0, 0.05) is 25.6 Å². The van der Waals surface area contributed by atoms with Gasteiger partial charge in [0.2, 0.25) is 15.9 Å². The Morgan fingerprint density at radius 1 is 1.25 bits per heavy atom. The third-order valence-electron chi connectivity index (χ3n) is 4.36. The average molecular weight is 356 g/mol. The molecule has 0 radical (unpaired) electrons. The second-order valence-corrected chi connectivity index (χ2v) is 8.01. The standard InChI is InChI=1S/C17H25FN2O3S/c1-2-3-6-11-19-17(21)14-9-12-20(13-10-14)24(22,23)16-8-5-4-7-15(16)18/h4-5,7-8,14H,2-3,6,9-13H2,1H3,(H,19,21). The summed E-state index contributed by atoms with van der Waals surface area (Å²) in [5.41, 5.74) is 0. The molecule has 1 amide bonds. The van der Waals surface area contributed by atoms with E-state index in [4.69, 9.17) is 0 Å². The number of carbonyl (C=O) groups is 1. The Kier molecular flexibility index (Phi) is 6.74. The molecule has 0 spiro atoms. The van der Waals surface area contributed by atoms with Crippen LogP contribution in [0.1, 0.15) is 39.0 Å². The number of hydrogen-bond donors (Lipinski definition) is 1. The highest BCUT2D eigenvalue weighted by molar-refractivity contribution is 7.89. The van der Waals surface area contributed by atoms with Crippen LogP contribution in [0.5, 0.6) is 0 Å². The molecule has 1 aliphatic rings. The fourth-order valence-electron chi connectivity index (χ4n) is 2.88. The number of benzene rings is 1. The van der Waals surface area contributed by atoms with Crippen molar-refractivity contribution in [3.05, 3.63) is 30.1 Å². The predicted octanol–water partition coefficient (Wildman–Crippen LogP) is 2.53. The zero-order valence-corrected chi connectivity index (χ0v) is 14.8. The molecule has 1 aromatic carbocycles. The van der Waals surface area contributed by atoms with Crippen LogP contribution in [0.4, 0.5) is 4.39 Å². The molecule has 0 saturated carbocycles. The lowest BCUT2D eigenvalue weighted by Gasteiger charge is -2.30. The van der Waals surface area contributed by atoms with E-state index in [1.165, 1.54) is 22.5 Å². The highest BCUT2D eigenvalue weighted by Crippen LogP contribution is 2.25. The first-order chi connectivity index (χ1) is 11.5. The van der Waals surface area contributed by atoms with Crippen LogP contribution in [0.15, 0.2) is 29.2 Å². The van der Waals surface area contributed by atoms with Gasteiger partial charge < -0.3 is 5.32 Å². The Hall–Kier alpha value is -1.47. The van der Waals surface area contributed by atoms with E-state index in [0.717, 1.165) is 25.3 Å². The summed E-state index contributed by atoms with van der Waals surface area (Å²) in [5.74, 6) is -0.916. The molecule has 2 rings (SSSR count). The first-order valence-corrected chi connectivity index (χ1v) is 9.93. The SMILES string of the molecule is CCCCCNC(=O)C1CCN(S(=O)(=O)c2ccccc2F)CC1. The highest BCUT2D eigenvalue weighted by Gasteiger charge is 2.33. The minimum atomic E-state index is -3.84. The van der Waals surface area contributed by atoms with Crippen molar-refractivity contribution in [2.24, 2.45) is 5.92 Å². The highest BCUT2D eigenvalue weighted by atomic mass is 32.2. The van der Waals surface area contributed by atoms with E-state index in [1.54, 1.807) is 0 Å². The van der Waals surface area contributed by atoms with Crippen molar-refractivity contribution in [1.29, 1.82) is 0 Å². The number of nitrogens with one attached hydrogen (secondary N) is 1. The van der Waals surface area contributed by atoms with Gasteiger partial charge in [-0.05, 0) is 31.4 Å². The molecular weight excluding hydrogens is 331 g/mol. The van der Waals surface area contributed by atoms with Crippen molar-refractivity contribution in [1.82, 2.24) is 9.62 Å². The molecule has 0 aliphatic carbocycles. The van der Waals surface area contributed by atoms with Gasteiger partial charge in [-0.15, -0.1) is 0 Å². The molecule has 1 saturated heterocycles. The van der Waals surface area contributed by atoms with Crippen LogP contribution in [0, 0.1) is 11.7 Å². The lowest BCUT2D eigenvalue weighted by atomic mass is 9.97. The quantitative estimate of drug-likeness (QED) is 0.764. The number of carbonyl (C=O) groups excluding carboxylic acids is 1. The Morgan fingerprint density at radius 3 is 2.54 bits per heavy atom. The number of halogens is 1. The minimum Gasteiger partial charge on any atom is -0.356 e. The summed E-state index contributed by atoms with van der Waals surface area (Å²) in [7, 11) is -3.84. The van der Waals surface area contributed by atoms with Crippen molar-refractivity contribution in [2.75, 3.05) is 19.6 Å². The summed E-state index contributed by atoms with van der Waals surface area (Å²) in [6.07, 6.45) is 4.07. The van der Waals surface area contributed by atoms with Gasteiger partial charge in [-0.25, -0.2) is 12.8 Å². The second-order valence-electron chi connectivity index (χ2n) is 6.11. The van der Waals surface area contributed by atoms with Gasteiger partial charge in [0.25, 0.3) is 0 Å². The van der Waals surface area contributed by atoms with Crippen molar-refractivity contribution < 1.29 is 17.6 Å². The normalized spacial score (nSPS) is 16.9. The summed E-state index contributed by atoms with van der Waals surface area (Å²) in [4.78, 5) is 11.8. The smallest absolute Gasteiger partial charge is 0.245 e. The summed E-state index contributed by atoms with van der Waals surface area (Å²) in [5, 5.41) is 2.91. The van der Waals surface area contributed by atoms with Crippen LogP contribution in [-0.4, -0.2) is 38.3 Å². The molecule has 5 nitrogen and oxygen atoms in total. The van der Waals surface area contributed by atoms with Gasteiger partial charge in [-0.3, -0.25) is 4.79 Å². The first-order valence-electron chi connectivity index (χ1n) is 8.49. The lowest BCUT2D eigenvalue weighted by molar-refractivity contribution is -0.126. The maximum absolute atomic E-state index is 13.8. The van der Waals surface area contributed by atoms with Crippen molar-refractivity contribution in [3.63, 3.8) is 0 Å². The Labute approximate surface area is 143 Å². The third-order valence-corrected chi connectivity index (χ3v) is 6.29. The van der Waals surface area contributed by atoms with Crippen LogP contribution in [0.2, 0.25) is 0 Å². The van der Waals surface area contributed by atoms with E-state index in [-0.39, 0.29) is 29.8 Å². The third kappa shape index (κ3) is 4.54. The van der Waals surface area contributed by atoms with Crippen LogP contribution in [0.25, 0.3) is 0 Å². The predicted molar refractivity (Wildman–Crippen MR) is 90.4 cm³/mol. The Bertz CT molecular complexity index is 656. The van der Waals surface area contributed by atoms with E-state index in [9.17, 15) is 17.6 Å². The fraction of sp³-hybridized carbons (Fsp3) is 0.588. The van der Waals surface area contributed by atoms with Gasteiger partial charge in [0.15, 0.2) is 0 Å². The van der Waals surface area contributed by atoms with E-state index >= 15 is 0 Å². The largest absolute Gasteiger partial charge is 0.356 e. The molecule has 0 unspecified atom stereocenters. The van der Waals surface area contributed by atoms with Gasteiger partial charge in [-0.1, -0.05) is 31.9 Å². The molecule has 1 fully saturated rings. The van der Waals surface area contributed by atoms with Gasteiger partial charge in [0.05, 0.1) is 0 Å². The van der Waals surface area contributed by atoms with Crippen LogP contribution in [0.3, 0.4) is 0 Å². The summed E-state index contributed by atoms with van der Waals surface area (Å²) < 4.78 is 40.1. The number of nitrogens with zero attached hydrogens (tertiary/aromatic N) is 1. The molecule has 1 heterocycles. The number of amides is 1. The summed E-state index contributed by atoms with van der Waals surface area (Å²) >= 11 is 0. The maximum Gasteiger partial charge on any atom is 0.245 e. The molecule has 134 valence electrons. The fourth-order valence-corrected chi connectivity index (χ4v) is 4.42. The number of rotatable bonds is 7. The zero-order valence-electron chi connectivity index (χ0n) is 14.0. The minimum absolute atomic E-state index is 0.00552. The number of sulfonamides is 1. The zero-order chi connectivity index (χ0) is 17.6. The number of unbranched alkanes of at least 4 members (excludes halogenated alkanes) is 2. The Morgan fingerprint density at radius 2 is 1.92 bits per heavy atom. The second kappa shape index (κ2) is 8.58. The molecule has 24 heavy (non-hydrogen) atoms. The molecular formula is C17H25FN2O3S. The van der Waals surface area contributed by atoms with Crippen molar-refractivity contribution in [3.8, 4) is 0 Å². The lowest BCUT2D eigenvalue weighted by Crippen LogP contribution is -2.43. The summed E-state index contributed by atoms with van der Waals surface area (Å²) in [6, 6.07) is 5.39. The number of piperidine rings is 1. The average Bonchev–Trinajstić information content (AvgIpc) is 2.59. The van der Waals surface area contributed by atoms with Crippen LogP contribution < -0.4 is 5.32 Å². The van der Waals surface area contributed by atoms with E-state index < -0.39 is 15.8 Å². The molecule has 0 aromatic heterocycles. The Balaban J connectivity index is 1.90. The molecule has 7 heteroatoms. The first kappa shape index (κ1) is 18.9. The molecule has 0 bridgehead atoms. The van der Waals surface area contributed by atoms with E-state index in [2.05, 4.69) is 12.2 Å². The monoisotopic (exact) mass is 356 g/mol.